The van der Waals surface area contributed by atoms with Crippen LogP contribution in [0.1, 0.15) is 24.0 Å². The summed E-state index contributed by atoms with van der Waals surface area (Å²) in [7, 11) is 0. The molecule has 2 aromatic carbocycles. The van der Waals surface area contributed by atoms with Gasteiger partial charge in [-0.1, -0.05) is 24.3 Å². The van der Waals surface area contributed by atoms with Gasteiger partial charge in [0.25, 0.3) is 0 Å². The third-order valence-corrected chi connectivity index (χ3v) is 7.40. The van der Waals surface area contributed by atoms with Crippen molar-refractivity contribution in [2.24, 2.45) is 5.18 Å². The summed E-state index contributed by atoms with van der Waals surface area (Å²) in [6, 6.07) is 14.3. The van der Waals surface area contributed by atoms with Crippen LogP contribution in [0.5, 0.6) is 0 Å². The minimum atomic E-state index is 0.436. The van der Waals surface area contributed by atoms with Gasteiger partial charge in [-0.25, -0.2) is 0 Å². The fourth-order valence-corrected chi connectivity index (χ4v) is 6.02. The maximum Gasteiger partial charge on any atom is 0.115 e. The number of nitroso groups, excluding NO2 is 1. The number of rotatable bonds is 6. The molecule has 1 saturated heterocycles. The molecule has 0 unspecified atom stereocenters. The van der Waals surface area contributed by atoms with E-state index >= 15 is 0 Å². The van der Waals surface area contributed by atoms with Crippen LogP contribution >= 0.6 is 23.5 Å². The van der Waals surface area contributed by atoms with E-state index in [4.69, 9.17) is 0 Å². The molecule has 1 aliphatic rings. The Hall–Kier alpha value is -1.46. The number of benzene rings is 2. The lowest BCUT2D eigenvalue weighted by Gasteiger charge is -2.24. The lowest BCUT2D eigenvalue weighted by molar-refractivity contribution is 0.866. The molecule has 0 saturated carbocycles. The van der Waals surface area contributed by atoms with Gasteiger partial charge in [0.1, 0.15) is 5.69 Å². The Morgan fingerprint density at radius 2 is 1.75 bits per heavy atom. The van der Waals surface area contributed by atoms with Crippen LogP contribution < -0.4 is 4.90 Å². The summed E-state index contributed by atoms with van der Waals surface area (Å²) in [6.45, 7) is 6.27. The molecule has 0 bridgehead atoms. The lowest BCUT2D eigenvalue weighted by Crippen LogP contribution is -2.21. The molecular formula is C19H22N2OS2. The Morgan fingerprint density at radius 3 is 2.42 bits per heavy atom. The molecule has 24 heavy (non-hydrogen) atoms. The first-order chi connectivity index (χ1) is 11.8. The van der Waals surface area contributed by atoms with Crippen molar-refractivity contribution in [3.05, 3.63) is 52.9 Å². The van der Waals surface area contributed by atoms with Crippen LogP contribution in [0.3, 0.4) is 0 Å². The van der Waals surface area contributed by atoms with E-state index in [0.29, 0.717) is 10.3 Å². The zero-order valence-corrected chi connectivity index (χ0v) is 15.7. The fourth-order valence-electron chi connectivity index (χ4n) is 3.09. The third-order valence-electron chi connectivity index (χ3n) is 4.33. The fraction of sp³-hybridized carbons (Fsp3) is 0.368. The first-order valence-electron chi connectivity index (χ1n) is 8.33. The molecule has 126 valence electrons. The van der Waals surface area contributed by atoms with Crippen molar-refractivity contribution in [1.29, 1.82) is 0 Å². The highest BCUT2D eigenvalue weighted by Gasteiger charge is 2.23. The van der Waals surface area contributed by atoms with Crippen molar-refractivity contribution >= 4 is 34.9 Å². The second kappa shape index (κ2) is 8.08. The van der Waals surface area contributed by atoms with Gasteiger partial charge in [-0.3, -0.25) is 0 Å². The second-order valence-electron chi connectivity index (χ2n) is 5.63. The van der Waals surface area contributed by atoms with Gasteiger partial charge in [0.2, 0.25) is 0 Å². The summed E-state index contributed by atoms with van der Waals surface area (Å²) in [5.74, 6) is 2.36. The minimum absolute atomic E-state index is 0.436. The summed E-state index contributed by atoms with van der Waals surface area (Å²) >= 11 is 3.97. The van der Waals surface area contributed by atoms with Crippen LogP contribution in [-0.2, 0) is 0 Å². The molecule has 0 spiro atoms. The van der Waals surface area contributed by atoms with E-state index < -0.39 is 0 Å². The quantitative estimate of drug-likeness (QED) is 0.586. The largest absolute Gasteiger partial charge is 0.372 e. The SMILES string of the molecule is CCN(CC)c1ccc(C2SCCS2)c(-c2ccccc2N=O)c1. The molecule has 3 rings (SSSR count). The summed E-state index contributed by atoms with van der Waals surface area (Å²) in [6.07, 6.45) is 0. The number of nitrogens with zero attached hydrogens (tertiary/aromatic N) is 2. The smallest absolute Gasteiger partial charge is 0.115 e. The van der Waals surface area contributed by atoms with E-state index in [1.807, 2.05) is 41.7 Å². The molecule has 0 aliphatic carbocycles. The normalized spacial score (nSPS) is 14.8. The van der Waals surface area contributed by atoms with Gasteiger partial charge in [-0.05, 0) is 48.4 Å². The standard InChI is InChI=1S/C19H22N2OS2/c1-3-21(4-2)14-9-10-16(19-23-11-12-24-19)17(13-14)15-7-5-6-8-18(15)20-22/h5-10,13,19H,3-4,11-12H2,1-2H3. The maximum absolute atomic E-state index is 11.3. The summed E-state index contributed by atoms with van der Waals surface area (Å²) in [5, 5.41) is 3.25. The van der Waals surface area contributed by atoms with E-state index in [1.54, 1.807) is 6.07 Å². The van der Waals surface area contributed by atoms with Crippen LogP contribution in [0.25, 0.3) is 11.1 Å². The number of hydrogen-bond donors (Lipinski definition) is 0. The molecule has 0 aromatic heterocycles. The first-order valence-corrected chi connectivity index (χ1v) is 10.4. The highest BCUT2D eigenvalue weighted by molar-refractivity contribution is 8.19. The molecule has 3 nitrogen and oxygen atoms in total. The monoisotopic (exact) mass is 358 g/mol. The Morgan fingerprint density at radius 1 is 1.04 bits per heavy atom. The molecular weight excluding hydrogens is 336 g/mol. The average Bonchev–Trinajstić information content (AvgIpc) is 3.17. The van der Waals surface area contributed by atoms with Crippen LogP contribution in [0.15, 0.2) is 47.6 Å². The van der Waals surface area contributed by atoms with Gasteiger partial charge >= 0.3 is 0 Å². The van der Waals surface area contributed by atoms with Crippen LogP contribution in [0, 0.1) is 4.91 Å². The van der Waals surface area contributed by atoms with Crippen molar-refractivity contribution < 1.29 is 0 Å². The maximum atomic E-state index is 11.3. The summed E-state index contributed by atoms with van der Waals surface area (Å²) in [4.78, 5) is 13.6. The van der Waals surface area contributed by atoms with E-state index in [9.17, 15) is 4.91 Å². The van der Waals surface area contributed by atoms with Crippen molar-refractivity contribution in [1.82, 2.24) is 0 Å². The zero-order chi connectivity index (χ0) is 16.9. The zero-order valence-electron chi connectivity index (χ0n) is 14.1. The molecule has 5 heteroatoms. The van der Waals surface area contributed by atoms with E-state index in [0.717, 1.165) is 24.2 Å². The second-order valence-corrected chi connectivity index (χ2v) is 8.35. The van der Waals surface area contributed by atoms with E-state index in [1.165, 1.54) is 22.8 Å². The average molecular weight is 359 g/mol. The molecule has 1 heterocycles. The molecule has 0 atom stereocenters. The van der Waals surface area contributed by atoms with Crippen LogP contribution in [0.4, 0.5) is 11.4 Å². The highest BCUT2D eigenvalue weighted by Crippen LogP contribution is 2.49. The minimum Gasteiger partial charge on any atom is -0.372 e. The van der Waals surface area contributed by atoms with Crippen molar-refractivity contribution in [3.8, 4) is 11.1 Å². The van der Waals surface area contributed by atoms with Gasteiger partial charge in [0.15, 0.2) is 0 Å². The van der Waals surface area contributed by atoms with E-state index in [-0.39, 0.29) is 0 Å². The summed E-state index contributed by atoms with van der Waals surface area (Å²) < 4.78 is 0.436. The third kappa shape index (κ3) is 3.47. The van der Waals surface area contributed by atoms with Crippen molar-refractivity contribution in [3.63, 3.8) is 0 Å². The van der Waals surface area contributed by atoms with Crippen LogP contribution in [0.2, 0.25) is 0 Å². The molecule has 1 aliphatic heterocycles. The predicted molar refractivity (Wildman–Crippen MR) is 109 cm³/mol. The van der Waals surface area contributed by atoms with Crippen molar-refractivity contribution in [2.75, 3.05) is 29.5 Å². The van der Waals surface area contributed by atoms with Crippen molar-refractivity contribution in [2.45, 2.75) is 18.4 Å². The van der Waals surface area contributed by atoms with Gasteiger partial charge in [0, 0.05) is 35.8 Å². The topological polar surface area (TPSA) is 32.7 Å². The Kier molecular flexibility index (Phi) is 5.85. The van der Waals surface area contributed by atoms with Crippen LogP contribution in [-0.4, -0.2) is 24.6 Å². The predicted octanol–water partition coefficient (Wildman–Crippen LogP) is 6.08. The Labute approximate surface area is 152 Å². The number of anilines is 1. The molecule has 1 fully saturated rings. The summed E-state index contributed by atoms with van der Waals surface area (Å²) in [5.41, 5.74) is 5.09. The lowest BCUT2D eigenvalue weighted by atomic mass is 9.98. The number of hydrogen-bond acceptors (Lipinski definition) is 5. The van der Waals surface area contributed by atoms with Gasteiger partial charge in [-0.2, -0.15) is 0 Å². The van der Waals surface area contributed by atoms with Gasteiger partial charge in [0.05, 0.1) is 4.58 Å². The Bertz CT molecular complexity index is 710. The molecule has 2 aromatic rings. The number of thioether (sulfide) groups is 2. The van der Waals surface area contributed by atoms with E-state index in [2.05, 4.69) is 42.1 Å². The molecule has 0 N–H and O–H groups in total. The highest BCUT2D eigenvalue weighted by atomic mass is 32.2. The Balaban J connectivity index is 2.14. The molecule has 0 radical (unpaired) electrons. The van der Waals surface area contributed by atoms with Gasteiger partial charge in [-0.15, -0.1) is 28.4 Å². The molecule has 0 amide bonds. The van der Waals surface area contributed by atoms with Gasteiger partial charge < -0.3 is 4.90 Å². The first kappa shape index (κ1) is 17.4.